The first kappa shape index (κ1) is 27.3. The van der Waals surface area contributed by atoms with E-state index in [9.17, 15) is 19.8 Å². The van der Waals surface area contributed by atoms with Gasteiger partial charge in [0.05, 0.1) is 18.4 Å². The lowest BCUT2D eigenvalue weighted by Gasteiger charge is -2.58. The zero-order valence-corrected chi connectivity index (χ0v) is 22.6. The number of rotatable bonds is 8. The van der Waals surface area contributed by atoms with E-state index in [4.69, 9.17) is 9.72 Å². The molecule has 2 aliphatic rings. The van der Waals surface area contributed by atoms with Crippen molar-refractivity contribution in [3.8, 4) is 0 Å². The Morgan fingerprint density at radius 3 is 2.73 bits per heavy atom. The van der Waals surface area contributed by atoms with Crippen LogP contribution in [0.2, 0.25) is 0 Å². The number of carbonyl (C=O) groups is 2. The second-order valence-electron chi connectivity index (χ2n) is 10.8. The van der Waals surface area contributed by atoms with Crippen LogP contribution in [0, 0.1) is 16.7 Å². The van der Waals surface area contributed by atoms with E-state index in [1.165, 1.54) is 17.4 Å². The SMILES string of the molecule is C=CCOC(=O)Nc1nc2c(s1)C[C@@H]1[C@](C)(CO)[C@H](O)CC[C@@]1(C)[C@@H]2CC(=O)N(C)Cc1ccccc1. The molecular formula is C28H37N3O5S. The van der Waals surface area contributed by atoms with Crippen LogP contribution in [-0.4, -0.2) is 58.5 Å². The summed E-state index contributed by atoms with van der Waals surface area (Å²) in [7, 11) is 1.81. The van der Waals surface area contributed by atoms with Gasteiger partial charge in [-0.2, -0.15) is 0 Å². The van der Waals surface area contributed by atoms with Gasteiger partial charge in [-0.1, -0.05) is 56.8 Å². The van der Waals surface area contributed by atoms with Gasteiger partial charge in [-0.05, 0) is 36.2 Å². The van der Waals surface area contributed by atoms with E-state index in [1.54, 1.807) is 4.90 Å². The standard InChI is InChI=1S/C28H37N3O5S/c1-5-13-36-26(35)30-25-29-24-19(14-23(34)31(4)16-18-9-7-6-8-10-18)27(2)12-11-22(33)28(3,17-32)21(27)15-20(24)37-25/h5-10,19,21-22,32-33H,1,11-17H2,2-4H3,(H,29,30,35)/t19-,21+,22-,27+,28+/m1/s1. The highest BCUT2D eigenvalue weighted by Gasteiger charge is 2.59. The summed E-state index contributed by atoms with van der Waals surface area (Å²) in [6, 6.07) is 9.86. The Kier molecular flexibility index (Phi) is 8.06. The molecule has 0 spiro atoms. The highest BCUT2D eigenvalue weighted by molar-refractivity contribution is 7.15. The zero-order chi connectivity index (χ0) is 26.8. The number of fused-ring (bicyclic) bond motifs is 2. The minimum Gasteiger partial charge on any atom is -0.445 e. The van der Waals surface area contributed by atoms with E-state index < -0.39 is 17.6 Å². The van der Waals surface area contributed by atoms with Crippen LogP contribution in [0.1, 0.15) is 55.2 Å². The van der Waals surface area contributed by atoms with Crippen LogP contribution in [0.25, 0.3) is 0 Å². The van der Waals surface area contributed by atoms with Crippen LogP contribution in [-0.2, 0) is 22.5 Å². The Morgan fingerprint density at radius 2 is 2.05 bits per heavy atom. The Morgan fingerprint density at radius 1 is 1.32 bits per heavy atom. The fourth-order valence-corrected chi connectivity index (χ4v) is 7.29. The number of hydrogen-bond acceptors (Lipinski definition) is 7. The van der Waals surface area contributed by atoms with Gasteiger partial charge in [0.15, 0.2) is 5.13 Å². The van der Waals surface area contributed by atoms with Crippen molar-refractivity contribution in [1.82, 2.24) is 9.88 Å². The second-order valence-corrected chi connectivity index (χ2v) is 11.9. The van der Waals surface area contributed by atoms with Crippen molar-refractivity contribution < 1.29 is 24.5 Å². The number of aromatic nitrogens is 1. The highest BCUT2D eigenvalue weighted by Crippen LogP contribution is 2.62. The first-order chi connectivity index (χ1) is 17.6. The maximum atomic E-state index is 13.5. The minimum absolute atomic E-state index is 0.00593. The number of nitrogens with one attached hydrogen (secondary N) is 1. The number of aliphatic hydroxyl groups is 2. The molecule has 37 heavy (non-hydrogen) atoms. The smallest absolute Gasteiger partial charge is 0.413 e. The number of hydrogen-bond donors (Lipinski definition) is 3. The monoisotopic (exact) mass is 527 g/mol. The maximum absolute atomic E-state index is 13.5. The molecule has 0 unspecified atom stereocenters. The molecular weight excluding hydrogens is 490 g/mol. The average molecular weight is 528 g/mol. The lowest BCUT2D eigenvalue weighted by Crippen LogP contribution is -2.57. The summed E-state index contributed by atoms with van der Waals surface area (Å²) in [5.74, 6) is -0.271. The van der Waals surface area contributed by atoms with Gasteiger partial charge in [0.2, 0.25) is 5.91 Å². The second kappa shape index (κ2) is 10.9. The lowest BCUT2D eigenvalue weighted by atomic mass is 9.47. The van der Waals surface area contributed by atoms with Gasteiger partial charge in [-0.25, -0.2) is 9.78 Å². The molecule has 5 atom stereocenters. The summed E-state index contributed by atoms with van der Waals surface area (Å²) >= 11 is 1.37. The summed E-state index contributed by atoms with van der Waals surface area (Å²) in [5.41, 5.74) is 0.809. The van der Waals surface area contributed by atoms with Crippen LogP contribution in [0.15, 0.2) is 43.0 Å². The summed E-state index contributed by atoms with van der Waals surface area (Å²) in [6.45, 7) is 8.12. The van der Waals surface area contributed by atoms with Gasteiger partial charge in [0, 0.05) is 36.2 Å². The molecule has 2 aromatic rings. The molecule has 0 saturated heterocycles. The molecule has 0 bridgehead atoms. The van der Waals surface area contributed by atoms with E-state index >= 15 is 0 Å². The van der Waals surface area contributed by atoms with E-state index in [2.05, 4.69) is 18.8 Å². The number of aliphatic hydroxyl groups excluding tert-OH is 2. The quantitative estimate of drug-likeness (QED) is 0.440. The predicted octanol–water partition coefficient (Wildman–Crippen LogP) is 4.34. The molecule has 0 aliphatic heterocycles. The summed E-state index contributed by atoms with van der Waals surface area (Å²) in [4.78, 5) is 33.2. The van der Waals surface area contributed by atoms with Gasteiger partial charge in [0.25, 0.3) is 0 Å². The van der Waals surface area contributed by atoms with Crippen LogP contribution in [0.3, 0.4) is 0 Å². The first-order valence-electron chi connectivity index (χ1n) is 12.7. The number of amides is 2. The molecule has 2 aliphatic carbocycles. The third-order valence-electron chi connectivity index (χ3n) is 8.50. The fourth-order valence-electron chi connectivity index (χ4n) is 6.23. The van der Waals surface area contributed by atoms with Crippen molar-refractivity contribution in [2.24, 2.45) is 16.7 Å². The van der Waals surface area contributed by atoms with Crippen LogP contribution in [0.5, 0.6) is 0 Å². The molecule has 2 amide bonds. The number of benzene rings is 1. The Balaban J connectivity index is 1.66. The maximum Gasteiger partial charge on any atom is 0.413 e. The van der Waals surface area contributed by atoms with E-state index in [-0.39, 0.29) is 42.8 Å². The number of nitrogens with zero attached hydrogens (tertiary/aromatic N) is 2. The van der Waals surface area contributed by atoms with E-state index in [0.29, 0.717) is 24.5 Å². The largest absolute Gasteiger partial charge is 0.445 e. The molecule has 0 radical (unpaired) electrons. The summed E-state index contributed by atoms with van der Waals surface area (Å²) in [5, 5.41) is 24.5. The summed E-state index contributed by atoms with van der Waals surface area (Å²) < 4.78 is 5.06. The molecule has 1 aromatic heterocycles. The fraction of sp³-hybridized carbons (Fsp3) is 0.536. The van der Waals surface area contributed by atoms with Crippen molar-refractivity contribution >= 4 is 28.5 Å². The van der Waals surface area contributed by atoms with Gasteiger partial charge in [0.1, 0.15) is 6.61 Å². The predicted molar refractivity (Wildman–Crippen MR) is 143 cm³/mol. The molecule has 1 saturated carbocycles. The molecule has 1 fully saturated rings. The van der Waals surface area contributed by atoms with Crippen LogP contribution < -0.4 is 5.32 Å². The minimum atomic E-state index is -0.706. The van der Waals surface area contributed by atoms with E-state index in [1.807, 2.05) is 44.3 Å². The van der Waals surface area contributed by atoms with Crippen molar-refractivity contribution in [3.05, 3.63) is 59.1 Å². The topological polar surface area (TPSA) is 112 Å². The van der Waals surface area contributed by atoms with Crippen LogP contribution in [0.4, 0.5) is 9.93 Å². The number of thiazole rings is 1. The molecule has 4 rings (SSSR count). The van der Waals surface area contributed by atoms with Crippen molar-refractivity contribution in [2.45, 2.75) is 58.1 Å². The average Bonchev–Trinajstić information content (AvgIpc) is 3.28. The zero-order valence-electron chi connectivity index (χ0n) is 21.8. The Hall–Kier alpha value is -2.75. The van der Waals surface area contributed by atoms with Crippen LogP contribution >= 0.6 is 11.3 Å². The van der Waals surface area contributed by atoms with Gasteiger partial charge in [-0.15, -0.1) is 11.3 Å². The number of carbonyl (C=O) groups excluding carboxylic acids is 2. The first-order valence-corrected chi connectivity index (χ1v) is 13.5. The number of ether oxygens (including phenoxy) is 1. The van der Waals surface area contributed by atoms with Gasteiger partial charge < -0.3 is 19.8 Å². The van der Waals surface area contributed by atoms with Crippen molar-refractivity contribution in [2.75, 3.05) is 25.6 Å². The Bertz CT molecular complexity index is 1140. The normalized spacial score (nSPS) is 28.5. The van der Waals surface area contributed by atoms with Gasteiger partial charge in [-0.3, -0.25) is 10.1 Å². The summed E-state index contributed by atoms with van der Waals surface area (Å²) in [6.07, 6.45) is 2.39. The molecule has 9 heteroatoms. The van der Waals surface area contributed by atoms with Crippen molar-refractivity contribution in [1.29, 1.82) is 0 Å². The van der Waals surface area contributed by atoms with Gasteiger partial charge >= 0.3 is 6.09 Å². The molecule has 200 valence electrons. The molecule has 1 heterocycles. The highest BCUT2D eigenvalue weighted by atomic mass is 32.1. The molecule has 3 N–H and O–H groups in total. The lowest BCUT2D eigenvalue weighted by molar-refractivity contribution is -0.147. The Labute approximate surface area is 222 Å². The molecule has 1 aromatic carbocycles. The third kappa shape index (κ3) is 5.30. The molecule has 8 nitrogen and oxygen atoms in total. The van der Waals surface area contributed by atoms with E-state index in [0.717, 1.165) is 22.6 Å². The van der Waals surface area contributed by atoms with Crippen molar-refractivity contribution in [3.63, 3.8) is 0 Å². The number of anilines is 1. The third-order valence-corrected chi connectivity index (χ3v) is 9.51.